The van der Waals surface area contributed by atoms with Gasteiger partial charge in [0.2, 0.25) is 0 Å². The zero-order chi connectivity index (χ0) is 13.7. The summed E-state index contributed by atoms with van der Waals surface area (Å²) in [4.78, 5) is 4.47. The standard InChI is InChI=1S/C13H9F2N3S/c14-13(15)19-11-6-2-1-5-10(11)18-12-7-3-4-9(8-16)17-12/h1-7,13H,(H,17,18). The summed E-state index contributed by atoms with van der Waals surface area (Å²) in [5.41, 5.74) is 0.805. The molecular formula is C13H9F2N3S. The van der Waals surface area contributed by atoms with Crippen LogP contribution in [0.1, 0.15) is 5.69 Å². The third-order valence-electron chi connectivity index (χ3n) is 2.23. The molecule has 2 aromatic rings. The van der Waals surface area contributed by atoms with Gasteiger partial charge in [-0.2, -0.15) is 14.0 Å². The molecule has 0 saturated carbocycles. The van der Waals surface area contributed by atoms with Gasteiger partial charge < -0.3 is 5.32 Å². The van der Waals surface area contributed by atoms with Crippen molar-refractivity contribution in [3.63, 3.8) is 0 Å². The van der Waals surface area contributed by atoms with Crippen molar-refractivity contribution < 1.29 is 8.78 Å². The van der Waals surface area contributed by atoms with E-state index in [0.717, 1.165) is 0 Å². The number of anilines is 2. The van der Waals surface area contributed by atoms with E-state index in [1.165, 1.54) is 0 Å². The summed E-state index contributed by atoms with van der Waals surface area (Å²) < 4.78 is 24.9. The van der Waals surface area contributed by atoms with Crippen LogP contribution in [-0.2, 0) is 0 Å². The monoisotopic (exact) mass is 277 g/mol. The van der Waals surface area contributed by atoms with Gasteiger partial charge in [0.15, 0.2) is 0 Å². The second-order valence-corrected chi connectivity index (χ2v) is 4.55. The Labute approximate surface area is 113 Å². The van der Waals surface area contributed by atoms with Crippen molar-refractivity contribution in [2.75, 3.05) is 5.32 Å². The summed E-state index contributed by atoms with van der Waals surface area (Å²) in [6.45, 7) is 0. The molecule has 6 heteroatoms. The summed E-state index contributed by atoms with van der Waals surface area (Å²) in [7, 11) is 0. The second-order valence-electron chi connectivity index (χ2n) is 3.52. The zero-order valence-corrected chi connectivity index (χ0v) is 10.5. The minimum absolute atomic E-state index is 0.268. The fraction of sp³-hybridized carbons (Fsp3) is 0.0769. The van der Waals surface area contributed by atoms with Crippen molar-refractivity contribution in [3.05, 3.63) is 48.2 Å². The van der Waals surface area contributed by atoms with E-state index in [0.29, 0.717) is 28.2 Å². The van der Waals surface area contributed by atoms with Crippen molar-refractivity contribution >= 4 is 23.3 Å². The number of para-hydroxylation sites is 1. The maximum atomic E-state index is 12.4. The van der Waals surface area contributed by atoms with Crippen LogP contribution in [0.5, 0.6) is 0 Å². The van der Waals surface area contributed by atoms with E-state index < -0.39 is 5.76 Å². The van der Waals surface area contributed by atoms with Crippen LogP contribution in [0, 0.1) is 11.3 Å². The Kier molecular flexibility index (Phi) is 4.31. The lowest BCUT2D eigenvalue weighted by molar-refractivity contribution is 0.252. The predicted molar refractivity (Wildman–Crippen MR) is 70.5 cm³/mol. The quantitative estimate of drug-likeness (QED) is 0.858. The van der Waals surface area contributed by atoms with Crippen LogP contribution in [-0.4, -0.2) is 10.7 Å². The molecule has 1 aromatic heterocycles. The minimum atomic E-state index is -2.48. The molecule has 19 heavy (non-hydrogen) atoms. The Hall–Kier alpha value is -2.13. The fourth-order valence-electron chi connectivity index (χ4n) is 1.47. The van der Waals surface area contributed by atoms with Crippen molar-refractivity contribution in [3.8, 4) is 6.07 Å². The average Bonchev–Trinajstić information content (AvgIpc) is 2.41. The molecule has 0 bridgehead atoms. The lowest BCUT2D eigenvalue weighted by Crippen LogP contribution is -1.97. The molecule has 3 nitrogen and oxygen atoms in total. The van der Waals surface area contributed by atoms with Crippen molar-refractivity contribution in [1.29, 1.82) is 5.26 Å². The number of nitriles is 1. The topological polar surface area (TPSA) is 48.7 Å². The van der Waals surface area contributed by atoms with Crippen LogP contribution >= 0.6 is 11.8 Å². The fourth-order valence-corrected chi connectivity index (χ4v) is 2.07. The number of nitrogens with zero attached hydrogens (tertiary/aromatic N) is 2. The number of pyridine rings is 1. The Morgan fingerprint density at radius 2 is 1.95 bits per heavy atom. The molecule has 0 aliphatic carbocycles. The highest BCUT2D eigenvalue weighted by molar-refractivity contribution is 7.99. The van der Waals surface area contributed by atoms with Crippen LogP contribution in [0.25, 0.3) is 0 Å². The van der Waals surface area contributed by atoms with Gasteiger partial charge in [-0.05, 0) is 24.3 Å². The molecule has 0 amide bonds. The van der Waals surface area contributed by atoms with Gasteiger partial charge in [-0.25, -0.2) is 4.98 Å². The van der Waals surface area contributed by atoms with E-state index in [-0.39, 0.29) is 5.69 Å². The molecule has 1 aromatic carbocycles. The molecule has 0 atom stereocenters. The number of aromatic nitrogens is 1. The van der Waals surface area contributed by atoms with Gasteiger partial charge in [0, 0.05) is 4.90 Å². The number of hydrogen-bond acceptors (Lipinski definition) is 4. The third-order valence-corrected chi connectivity index (χ3v) is 3.02. The van der Waals surface area contributed by atoms with Crippen molar-refractivity contribution in [2.24, 2.45) is 0 Å². The van der Waals surface area contributed by atoms with Crippen LogP contribution in [0.15, 0.2) is 47.4 Å². The van der Waals surface area contributed by atoms with Gasteiger partial charge in [0.05, 0.1) is 5.69 Å². The molecule has 0 spiro atoms. The van der Waals surface area contributed by atoms with Crippen molar-refractivity contribution in [2.45, 2.75) is 10.7 Å². The summed E-state index contributed by atoms with van der Waals surface area (Å²) in [5.74, 6) is -2.04. The smallest absolute Gasteiger partial charge is 0.288 e. The highest BCUT2D eigenvalue weighted by Gasteiger charge is 2.10. The van der Waals surface area contributed by atoms with Crippen LogP contribution in [0.4, 0.5) is 20.3 Å². The lowest BCUT2D eigenvalue weighted by Gasteiger charge is -2.10. The SMILES string of the molecule is N#Cc1cccc(Nc2ccccc2SC(F)F)n1. The largest absolute Gasteiger partial charge is 0.339 e. The molecular weight excluding hydrogens is 268 g/mol. The maximum Gasteiger partial charge on any atom is 0.288 e. The highest BCUT2D eigenvalue weighted by Crippen LogP contribution is 2.32. The number of nitrogens with one attached hydrogen (secondary N) is 1. The van der Waals surface area contributed by atoms with Gasteiger partial charge in [-0.1, -0.05) is 30.0 Å². The van der Waals surface area contributed by atoms with Gasteiger partial charge in [0.1, 0.15) is 17.6 Å². The van der Waals surface area contributed by atoms with Gasteiger partial charge in [0.25, 0.3) is 5.76 Å². The summed E-state index contributed by atoms with van der Waals surface area (Å²) >= 11 is 0.466. The molecule has 0 radical (unpaired) electrons. The van der Waals surface area contributed by atoms with Gasteiger partial charge >= 0.3 is 0 Å². The number of rotatable bonds is 4. The molecule has 1 heterocycles. The first-order valence-corrected chi connectivity index (χ1v) is 6.25. The van der Waals surface area contributed by atoms with E-state index in [2.05, 4.69) is 10.3 Å². The van der Waals surface area contributed by atoms with E-state index in [9.17, 15) is 8.78 Å². The van der Waals surface area contributed by atoms with Gasteiger partial charge in [-0.15, -0.1) is 0 Å². The summed E-state index contributed by atoms with van der Waals surface area (Å²) in [6.07, 6.45) is 0. The maximum absolute atomic E-state index is 12.4. The van der Waals surface area contributed by atoms with E-state index in [4.69, 9.17) is 5.26 Å². The predicted octanol–water partition coefficient (Wildman–Crippen LogP) is 4.01. The van der Waals surface area contributed by atoms with Gasteiger partial charge in [-0.3, -0.25) is 0 Å². The Morgan fingerprint density at radius 1 is 1.16 bits per heavy atom. The molecule has 0 aliphatic rings. The molecule has 1 N–H and O–H groups in total. The van der Waals surface area contributed by atoms with E-state index in [1.807, 2.05) is 6.07 Å². The second kappa shape index (κ2) is 6.16. The Balaban J connectivity index is 2.25. The molecule has 2 rings (SSSR count). The summed E-state index contributed by atoms with van der Waals surface area (Å²) in [5, 5.41) is 11.7. The highest BCUT2D eigenvalue weighted by atomic mass is 32.2. The number of halogens is 2. The first-order valence-electron chi connectivity index (χ1n) is 5.37. The van der Waals surface area contributed by atoms with Crippen LogP contribution in [0.2, 0.25) is 0 Å². The lowest BCUT2D eigenvalue weighted by atomic mass is 10.3. The molecule has 0 saturated heterocycles. The average molecular weight is 277 g/mol. The van der Waals surface area contributed by atoms with Crippen LogP contribution in [0.3, 0.4) is 0 Å². The summed E-state index contributed by atoms with van der Waals surface area (Å²) in [6, 6.07) is 13.6. The Bertz CT molecular complexity index is 611. The first kappa shape index (κ1) is 13.3. The number of hydrogen-bond donors (Lipinski definition) is 1. The third kappa shape index (κ3) is 3.66. The number of thioether (sulfide) groups is 1. The first-order chi connectivity index (χ1) is 9.19. The minimum Gasteiger partial charge on any atom is -0.339 e. The van der Waals surface area contributed by atoms with E-state index >= 15 is 0 Å². The number of benzene rings is 1. The molecule has 96 valence electrons. The normalized spacial score (nSPS) is 10.2. The molecule has 0 unspecified atom stereocenters. The van der Waals surface area contributed by atoms with Crippen LogP contribution < -0.4 is 5.32 Å². The molecule has 0 fully saturated rings. The number of alkyl halides is 2. The van der Waals surface area contributed by atoms with E-state index in [1.54, 1.807) is 42.5 Å². The molecule has 0 aliphatic heterocycles. The Morgan fingerprint density at radius 3 is 2.68 bits per heavy atom. The van der Waals surface area contributed by atoms with Crippen molar-refractivity contribution in [1.82, 2.24) is 4.98 Å². The zero-order valence-electron chi connectivity index (χ0n) is 9.68.